The largest absolute Gasteiger partial charge is 0.507 e. The number of benzene rings is 3. The number of rotatable bonds is 5. The molecule has 31 heavy (non-hydrogen) atoms. The maximum absolute atomic E-state index is 14.7. The fourth-order valence-electron chi connectivity index (χ4n) is 4.86. The molecule has 1 saturated carbocycles. The third-order valence-corrected chi connectivity index (χ3v) is 9.15. The second-order valence-electron chi connectivity index (χ2n) is 9.17. The Morgan fingerprint density at radius 2 is 1.61 bits per heavy atom. The summed E-state index contributed by atoms with van der Waals surface area (Å²) in [6.07, 6.45) is 2.83. The molecule has 1 aliphatic carbocycles. The Balaban J connectivity index is 1.89. The van der Waals surface area contributed by atoms with Crippen molar-refractivity contribution in [3.05, 3.63) is 60.7 Å². The lowest BCUT2D eigenvalue weighted by molar-refractivity contribution is 0.0514. The molecule has 0 unspecified atom stereocenters. The fourth-order valence-corrected chi connectivity index (χ4v) is 7.25. The summed E-state index contributed by atoms with van der Waals surface area (Å²) in [5.41, 5.74) is 0. The van der Waals surface area contributed by atoms with E-state index in [1.165, 1.54) is 6.07 Å². The van der Waals surface area contributed by atoms with Crippen molar-refractivity contribution in [1.29, 1.82) is 0 Å². The predicted octanol–water partition coefficient (Wildman–Crippen LogP) is 5.96. The molecule has 4 rings (SSSR count). The van der Waals surface area contributed by atoms with Crippen LogP contribution in [0.4, 0.5) is 0 Å². The molecule has 1 fully saturated rings. The van der Waals surface area contributed by atoms with Gasteiger partial charge in [-0.25, -0.2) is 0 Å². The van der Waals surface area contributed by atoms with Gasteiger partial charge in [-0.2, -0.15) is 0 Å². The molecule has 0 bridgehead atoms. The van der Waals surface area contributed by atoms with Crippen LogP contribution in [0.1, 0.15) is 40.0 Å². The lowest BCUT2D eigenvalue weighted by Crippen LogP contribution is -2.36. The zero-order chi connectivity index (χ0) is 22.2. The van der Waals surface area contributed by atoms with Crippen molar-refractivity contribution in [2.45, 2.75) is 46.1 Å². The highest BCUT2D eigenvalue weighted by Gasteiger charge is 2.40. The Hall–Kier alpha value is -2.29. The van der Waals surface area contributed by atoms with E-state index >= 15 is 0 Å². The minimum absolute atomic E-state index is 0.0134. The van der Waals surface area contributed by atoms with Crippen LogP contribution in [-0.4, -0.2) is 16.3 Å². The van der Waals surface area contributed by atoms with Gasteiger partial charge >= 0.3 is 0 Å². The summed E-state index contributed by atoms with van der Waals surface area (Å²) in [6.45, 7) is 6.58. The molecule has 1 aliphatic rings. The van der Waals surface area contributed by atoms with Crippen LogP contribution in [-0.2, 0) is 9.09 Å². The van der Waals surface area contributed by atoms with Crippen LogP contribution in [0.2, 0.25) is 0 Å². The molecule has 0 aliphatic heterocycles. The highest BCUT2D eigenvalue weighted by molar-refractivity contribution is 7.74. The maximum atomic E-state index is 14.7. The molecule has 0 heterocycles. The lowest BCUT2D eigenvalue weighted by atomic mass is 9.75. The number of phenolic OH excluding ortho intramolecular Hbond substituents is 2. The van der Waals surface area contributed by atoms with Gasteiger partial charge < -0.3 is 14.7 Å². The molecular formula is C26H31O4P. The summed E-state index contributed by atoms with van der Waals surface area (Å²) in [5.74, 6) is 1.08. The van der Waals surface area contributed by atoms with Crippen molar-refractivity contribution in [2.24, 2.45) is 17.8 Å². The predicted molar refractivity (Wildman–Crippen MR) is 127 cm³/mol. The van der Waals surface area contributed by atoms with Gasteiger partial charge in [0.25, 0.3) is 7.37 Å². The lowest BCUT2D eigenvalue weighted by Gasteiger charge is -2.39. The van der Waals surface area contributed by atoms with Gasteiger partial charge in [-0.1, -0.05) is 69.7 Å². The van der Waals surface area contributed by atoms with E-state index in [1.807, 2.05) is 18.2 Å². The van der Waals surface area contributed by atoms with Crippen molar-refractivity contribution in [2.75, 3.05) is 0 Å². The summed E-state index contributed by atoms with van der Waals surface area (Å²) in [5, 5.41) is 23.5. The van der Waals surface area contributed by atoms with Gasteiger partial charge in [0.1, 0.15) is 11.5 Å². The first kappa shape index (κ1) is 21.9. The standard InChI is InChI=1S/C26H31O4P/c1-17(2)20-14-13-18(3)15-24(20)30-31(29,19-9-5-4-6-10-19)25-16-23(27)21-11-7-8-12-22(21)26(25)28/h4-12,16-18,20,24,27-28H,13-15H2,1-3H3/t18-,20+,24-,31+/m1/s1. The first-order valence-electron chi connectivity index (χ1n) is 11.1. The SMILES string of the molecule is CC(C)[C@@H]1CC[C@@H](C)C[C@H]1O[P@@](=O)(c1ccccc1)c1cc(O)c2ccccc2c1O. The molecule has 2 N–H and O–H groups in total. The van der Waals surface area contributed by atoms with Crippen LogP contribution in [0.15, 0.2) is 60.7 Å². The molecular weight excluding hydrogens is 407 g/mol. The molecule has 5 heteroatoms. The highest BCUT2D eigenvalue weighted by atomic mass is 31.2. The minimum atomic E-state index is -3.68. The Morgan fingerprint density at radius 1 is 0.968 bits per heavy atom. The number of aromatic hydroxyl groups is 2. The quantitative estimate of drug-likeness (QED) is 0.381. The van der Waals surface area contributed by atoms with Gasteiger partial charge in [0.2, 0.25) is 0 Å². The van der Waals surface area contributed by atoms with Gasteiger partial charge in [0.15, 0.2) is 0 Å². The van der Waals surface area contributed by atoms with E-state index in [9.17, 15) is 14.8 Å². The molecule has 0 radical (unpaired) electrons. The highest BCUT2D eigenvalue weighted by Crippen LogP contribution is 2.53. The van der Waals surface area contributed by atoms with Crippen LogP contribution >= 0.6 is 7.37 Å². The first-order chi connectivity index (χ1) is 14.8. The molecule has 0 aromatic heterocycles. The van der Waals surface area contributed by atoms with E-state index in [2.05, 4.69) is 20.8 Å². The van der Waals surface area contributed by atoms with E-state index in [-0.39, 0.29) is 22.9 Å². The summed E-state index contributed by atoms with van der Waals surface area (Å²) in [6, 6.07) is 17.5. The number of fused-ring (bicyclic) bond motifs is 1. The number of hydrogen-bond donors (Lipinski definition) is 2. The molecule has 3 aromatic rings. The molecule has 0 amide bonds. The second-order valence-corrected chi connectivity index (χ2v) is 11.5. The van der Waals surface area contributed by atoms with Crippen LogP contribution in [0.3, 0.4) is 0 Å². The van der Waals surface area contributed by atoms with Gasteiger partial charge in [0, 0.05) is 16.1 Å². The third-order valence-electron chi connectivity index (χ3n) is 6.63. The van der Waals surface area contributed by atoms with E-state index in [0.29, 0.717) is 33.8 Å². The molecule has 3 aromatic carbocycles. The Bertz CT molecular complexity index is 1110. The van der Waals surface area contributed by atoms with Crippen molar-refractivity contribution in [1.82, 2.24) is 0 Å². The summed E-state index contributed by atoms with van der Waals surface area (Å²) < 4.78 is 21.2. The first-order valence-corrected chi connectivity index (χ1v) is 12.7. The monoisotopic (exact) mass is 438 g/mol. The van der Waals surface area contributed by atoms with E-state index < -0.39 is 7.37 Å². The van der Waals surface area contributed by atoms with Crippen LogP contribution < -0.4 is 10.6 Å². The average Bonchev–Trinajstić information content (AvgIpc) is 2.76. The smallest absolute Gasteiger partial charge is 0.265 e. The number of hydrogen-bond acceptors (Lipinski definition) is 4. The van der Waals surface area contributed by atoms with Crippen molar-refractivity contribution >= 4 is 28.8 Å². The van der Waals surface area contributed by atoms with Gasteiger partial charge in [-0.15, -0.1) is 0 Å². The zero-order valence-electron chi connectivity index (χ0n) is 18.4. The van der Waals surface area contributed by atoms with Gasteiger partial charge in [0.05, 0.1) is 11.4 Å². The molecule has 164 valence electrons. The Morgan fingerprint density at radius 3 is 2.29 bits per heavy atom. The van der Waals surface area contributed by atoms with Gasteiger partial charge in [-0.3, -0.25) is 4.57 Å². The normalized spacial score (nSPS) is 23.7. The molecule has 4 nitrogen and oxygen atoms in total. The summed E-state index contributed by atoms with van der Waals surface area (Å²) in [4.78, 5) is 0. The maximum Gasteiger partial charge on any atom is 0.265 e. The Labute approximate surface area is 184 Å². The van der Waals surface area contributed by atoms with Crippen molar-refractivity contribution < 1.29 is 19.3 Å². The third kappa shape index (κ3) is 4.12. The van der Waals surface area contributed by atoms with E-state index in [1.54, 1.807) is 36.4 Å². The van der Waals surface area contributed by atoms with Crippen molar-refractivity contribution in [3.8, 4) is 11.5 Å². The average molecular weight is 439 g/mol. The van der Waals surface area contributed by atoms with Gasteiger partial charge in [-0.05, 0) is 48.8 Å². The van der Waals surface area contributed by atoms with Crippen LogP contribution in [0, 0.1) is 17.8 Å². The van der Waals surface area contributed by atoms with E-state index in [4.69, 9.17) is 4.52 Å². The minimum Gasteiger partial charge on any atom is -0.507 e. The second kappa shape index (κ2) is 8.68. The number of phenols is 2. The Kier molecular flexibility index (Phi) is 6.14. The van der Waals surface area contributed by atoms with Crippen LogP contribution in [0.5, 0.6) is 11.5 Å². The van der Waals surface area contributed by atoms with E-state index in [0.717, 1.165) is 19.3 Å². The summed E-state index contributed by atoms with van der Waals surface area (Å²) >= 11 is 0. The molecule has 4 atom stereocenters. The molecule has 0 saturated heterocycles. The topological polar surface area (TPSA) is 66.8 Å². The molecule has 0 spiro atoms. The fraction of sp³-hybridized carbons (Fsp3) is 0.385. The summed E-state index contributed by atoms with van der Waals surface area (Å²) in [7, 11) is -3.68. The van der Waals surface area contributed by atoms with Crippen LogP contribution in [0.25, 0.3) is 10.8 Å². The van der Waals surface area contributed by atoms with Crippen molar-refractivity contribution in [3.63, 3.8) is 0 Å². The zero-order valence-corrected chi connectivity index (χ0v) is 19.3.